The van der Waals surface area contributed by atoms with Gasteiger partial charge >= 0.3 is 12.1 Å². The van der Waals surface area contributed by atoms with E-state index >= 15 is 0 Å². The maximum atomic E-state index is 12.0. The second kappa shape index (κ2) is 7.06. The zero-order valence-electron chi connectivity index (χ0n) is 10.6. The Labute approximate surface area is 109 Å². The lowest BCUT2D eigenvalue weighted by Crippen LogP contribution is -2.47. The summed E-state index contributed by atoms with van der Waals surface area (Å²) >= 11 is 0. The van der Waals surface area contributed by atoms with Gasteiger partial charge in [-0.3, -0.25) is 4.79 Å². The normalized spacial score (nSPS) is 13.2. The molecule has 0 aromatic rings. The molecule has 0 unspecified atom stereocenters. The van der Waals surface area contributed by atoms with Crippen LogP contribution in [-0.4, -0.2) is 49.1 Å². The predicted molar refractivity (Wildman–Crippen MR) is 61.7 cm³/mol. The Morgan fingerprint density at radius 2 is 1.89 bits per heavy atom. The molecule has 0 rings (SSSR count). The monoisotopic (exact) mass is 306 g/mol. The highest BCUT2D eigenvalue weighted by Gasteiger charge is 2.32. The number of alkyl halides is 3. The minimum absolute atomic E-state index is 0.0282. The van der Waals surface area contributed by atoms with Gasteiger partial charge in [-0.05, 0) is 20.3 Å². The average Bonchev–Trinajstić information content (AvgIpc) is 2.19. The van der Waals surface area contributed by atoms with Crippen LogP contribution in [0.5, 0.6) is 0 Å². The Balaban J connectivity index is 4.63. The van der Waals surface area contributed by atoms with Crippen LogP contribution in [0.3, 0.4) is 0 Å². The van der Waals surface area contributed by atoms with Gasteiger partial charge in [0.25, 0.3) is 10.2 Å². The van der Waals surface area contributed by atoms with Gasteiger partial charge in [0.15, 0.2) is 0 Å². The molecule has 0 aromatic carbocycles. The Kier molecular flexibility index (Phi) is 6.73. The minimum Gasteiger partial charge on any atom is -0.481 e. The lowest BCUT2D eigenvalue weighted by molar-refractivity contribution is -0.137. The van der Waals surface area contributed by atoms with Gasteiger partial charge in [0.2, 0.25) is 0 Å². The second-order valence-corrected chi connectivity index (χ2v) is 5.85. The van der Waals surface area contributed by atoms with E-state index in [2.05, 4.69) is 0 Å². The Morgan fingerprint density at radius 1 is 1.37 bits per heavy atom. The standard InChI is InChI=1S/C9H17F3N2O4S/c1-7(2)14(5-3-4-8(15)16)19(17,18)13-6-9(10,11)12/h7,13H,3-6H2,1-2H3,(H,15,16). The van der Waals surface area contributed by atoms with Crippen LogP contribution in [-0.2, 0) is 15.0 Å². The Morgan fingerprint density at radius 3 is 2.26 bits per heavy atom. The zero-order valence-corrected chi connectivity index (χ0v) is 11.4. The molecule has 0 amide bonds. The van der Waals surface area contributed by atoms with Gasteiger partial charge < -0.3 is 5.11 Å². The van der Waals surface area contributed by atoms with Gasteiger partial charge in [-0.1, -0.05) is 0 Å². The molecular formula is C9H17F3N2O4S. The molecule has 0 aliphatic carbocycles. The molecule has 6 nitrogen and oxygen atoms in total. The second-order valence-electron chi connectivity index (χ2n) is 4.14. The van der Waals surface area contributed by atoms with Gasteiger partial charge in [-0.15, -0.1) is 0 Å². The summed E-state index contributed by atoms with van der Waals surface area (Å²) in [7, 11) is -4.28. The van der Waals surface area contributed by atoms with Crippen LogP contribution < -0.4 is 4.72 Å². The fraction of sp³-hybridized carbons (Fsp3) is 0.889. The van der Waals surface area contributed by atoms with Crippen molar-refractivity contribution in [3.63, 3.8) is 0 Å². The number of halogens is 3. The first kappa shape index (κ1) is 18.1. The molecule has 0 atom stereocenters. The summed E-state index contributed by atoms with van der Waals surface area (Å²) in [5.41, 5.74) is 0. The van der Waals surface area contributed by atoms with Crippen molar-refractivity contribution in [2.75, 3.05) is 13.1 Å². The highest BCUT2D eigenvalue weighted by molar-refractivity contribution is 7.87. The Hall–Kier alpha value is -0.870. The van der Waals surface area contributed by atoms with Gasteiger partial charge in [0, 0.05) is 19.0 Å². The van der Waals surface area contributed by atoms with Crippen molar-refractivity contribution in [2.24, 2.45) is 0 Å². The molecule has 19 heavy (non-hydrogen) atoms. The molecule has 2 N–H and O–H groups in total. The topological polar surface area (TPSA) is 86.7 Å². The van der Waals surface area contributed by atoms with Crippen LogP contribution in [0.15, 0.2) is 0 Å². The summed E-state index contributed by atoms with van der Waals surface area (Å²) in [4.78, 5) is 10.3. The third-order valence-electron chi connectivity index (χ3n) is 2.11. The van der Waals surface area contributed by atoms with Crippen molar-refractivity contribution in [3.8, 4) is 0 Å². The number of carboxylic acids is 1. The molecule has 0 aromatic heterocycles. The van der Waals surface area contributed by atoms with Crippen LogP contribution in [0.4, 0.5) is 13.2 Å². The van der Waals surface area contributed by atoms with E-state index in [1.165, 1.54) is 18.6 Å². The molecule has 0 saturated carbocycles. The average molecular weight is 306 g/mol. The number of carboxylic acid groups (broad SMARTS) is 1. The van der Waals surface area contributed by atoms with Crippen molar-refractivity contribution in [1.82, 2.24) is 9.03 Å². The summed E-state index contributed by atoms with van der Waals surface area (Å²) in [5.74, 6) is -1.09. The number of nitrogens with zero attached hydrogens (tertiary/aromatic N) is 1. The third-order valence-corrected chi connectivity index (χ3v) is 3.84. The number of carbonyl (C=O) groups is 1. The Bertz CT molecular complexity index is 395. The molecule has 114 valence electrons. The third kappa shape index (κ3) is 8.01. The summed E-state index contributed by atoms with van der Waals surface area (Å²) in [6, 6.07) is -0.570. The molecule has 0 heterocycles. The van der Waals surface area contributed by atoms with E-state index in [4.69, 9.17) is 5.11 Å². The fourth-order valence-electron chi connectivity index (χ4n) is 1.30. The summed E-state index contributed by atoms with van der Waals surface area (Å²) in [6.45, 7) is 1.18. The molecule has 0 fully saturated rings. The van der Waals surface area contributed by atoms with Crippen LogP contribution in [0.1, 0.15) is 26.7 Å². The first-order valence-electron chi connectivity index (χ1n) is 5.50. The van der Waals surface area contributed by atoms with E-state index in [0.717, 1.165) is 4.31 Å². The van der Waals surface area contributed by atoms with Gasteiger partial charge in [0.1, 0.15) is 6.54 Å². The number of aliphatic carboxylic acids is 1. The lowest BCUT2D eigenvalue weighted by Gasteiger charge is -2.26. The maximum Gasteiger partial charge on any atom is 0.402 e. The van der Waals surface area contributed by atoms with Crippen molar-refractivity contribution >= 4 is 16.2 Å². The molecule has 0 aliphatic rings. The van der Waals surface area contributed by atoms with Crippen LogP contribution in [0.25, 0.3) is 0 Å². The van der Waals surface area contributed by atoms with Crippen LogP contribution >= 0.6 is 0 Å². The van der Waals surface area contributed by atoms with E-state index in [1.807, 2.05) is 0 Å². The molecule has 0 aliphatic heterocycles. The first-order valence-corrected chi connectivity index (χ1v) is 6.94. The van der Waals surface area contributed by atoms with E-state index < -0.39 is 34.9 Å². The number of rotatable bonds is 8. The lowest BCUT2D eigenvalue weighted by atomic mass is 10.3. The SMILES string of the molecule is CC(C)N(CCCC(=O)O)S(=O)(=O)NCC(F)(F)F. The maximum absolute atomic E-state index is 12.0. The smallest absolute Gasteiger partial charge is 0.402 e. The van der Waals surface area contributed by atoms with Crippen LogP contribution in [0, 0.1) is 0 Å². The molecule has 0 spiro atoms. The quantitative estimate of drug-likeness (QED) is 0.699. The summed E-state index contributed by atoms with van der Waals surface area (Å²) in [5, 5.41) is 8.45. The molecule has 10 heteroatoms. The minimum atomic E-state index is -4.64. The van der Waals surface area contributed by atoms with Crippen molar-refractivity contribution in [2.45, 2.75) is 38.9 Å². The van der Waals surface area contributed by atoms with Gasteiger partial charge in [0.05, 0.1) is 0 Å². The van der Waals surface area contributed by atoms with E-state index in [-0.39, 0.29) is 19.4 Å². The highest BCUT2D eigenvalue weighted by atomic mass is 32.2. The fourth-order valence-corrected chi connectivity index (χ4v) is 2.73. The zero-order chi connectivity index (χ0) is 15.3. The number of hydrogen-bond donors (Lipinski definition) is 2. The number of nitrogens with one attached hydrogen (secondary N) is 1. The van der Waals surface area contributed by atoms with E-state index in [0.29, 0.717) is 0 Å². The van der Waals surface area contributed by atoms with Crippen LogP contribution in [0.2, 0.25) is 0 Å². The van der Waals surface area contributed by atoms with Crippen molar-refractivity contribution in [1.29, 1.82) is 0 Å². The van der Waals surface area contributed by atoms with E-state index in [9.17, 15) is 26.4 Å². The molecule has 0 radical (unpaired) electrons. The van der Waals surface area contributed by atoms with Gasteiger partial charge in [-0.25, -0.2) is 0 Å². The summed E-state index contributed by atoms with van der Waals surface area (Å²) in [6.07, 6.45) is -4.87. The molecule has 0 saturated heterocycles. The van der Waals surface area contributed by atoms with Crippen molar-refractivity contribution in [3.05, 3.63) is 0 Å². The van der Waals surface area contributed by atoms with E-state index in [1.54, 1.807) is 0 Å². The highest BCUT2D eigenvalue weighted by Crippen LogP contribution is 2.14. The van der Waals surface area contributed by atoms with Crippen molar-refractivity contribution < 1.29 is 31.5 Å². The predicted octanol–water partition coefficient (Wildman–Crippen LogP) is 0.958. The molecular weight excluding hydrogens is 289 g/mol. The largest absolute Gasteiger partial charge is 0.481 e. The molecule has 0 bridgehead atoms. The first-order chi connectivity index (χ1) is 8.46. The van der Waals surface area contributed by atoms with Gasteiger partial charge in [-0.2, -0.15) is 30.6 Å². The summed E-state index contributed by atoms with van der Waals surface area (Å²) < 4.78 is 61.5. The number of hydrogen-bond acceptors (Lipinski definition) is 3.